The SMILES string of the molecule is CC1(C)CB(c2cnc(OCC(F)(F)F)c(F)c2)OC1(C)C. The van der Waals surface area contributed by atoms with Gasteiger partial charge in [0.15, 0.2) is 12.4 Å². The summed E-state index contributed by atoms with van der Waals surface area (Å²) in [7, 11) is 0. The number of hydrogen-bond donors (Lipinski definition) is 0. The van der Waals surface area contributed by atoms with Crippen molar-refractivity contribution in [3.8, 4) is 5.88 Å². The van der Waals surface area contributed by atoms with E-state index in [9.17, 15) is 17.6 Å². The predicted octanol–water partition coefficient (Wildman–Crippen LogP) is 3.20. The number of alkyl halides is 3. The van der Waals surface area contributed by atoms with Gasteiger partial charge in [-0.2, -0.15) is 13.2 Å². The van der Waals surface area contributed by atoms with Gasteiger partial charge in [-0.3, -0.25) is 0 Å². The molecule has 3 nitrogen and oxygen atoms in total. The maximum absolute atomic E-state index is 13.9. The molecule has 1 aromatic heterocycles. The topological polar surface area (TPSA) is 31.4 Å². The van der Waals surface area contributed by atoms with E-state index in [0.717, 1.165) is 6.07 Å². The number of ether oxygens (including phenoxy) is 1. The van der Waals surface area contributed by atoms with Crippen LogP contribution in [0.15, 0.2) is 12.3 Å². The Morgan fingerprint density at radius 1 is 1.32 bits per heavy atom. The van der Waals surface area contributed by atoms with Crippen molar-refractivity contribution in [2.24, 2.45) is 5.41 Å². The highest BCUT2D eigenvalue weighted by molar-refractivity contribution is 6.68. The molecule has 1 saturated heterocycles. The van der Waals surface area contributed by atoms with Gasteiger partial charge in [0.2, 0.25) is 0 Å². The molecular weight excluding hydrogens is 301 g/mol. The van der Waals surface area contributed by atoms with Crippen LogP contribution in [0.3, 0.4) is 0 Å². The Balaban J connectivity index is 2.14. The van der Waals surface area contributed by atoms with E-state index >= 15 is 0 Å². The van der Waals surface area contributed by atoms with Gasteiger partial charge in [-0.1, -0.05) is 13.8 Å². The van der Waals surface area contributed by atoms with Crippen molar-refractivity contribution in [3.63, 3.8) is 0 Å². The summed E-state index contributed by atoms with van der Waals surface area (Å²) in [4.78, 5) is 3.64. The van der Waals surface area contributed by atoms with Gasteiger partial charge < -0.3 is 9.39 Å². The molecule has 0 aliphatic carbocycles. The third kappa shape index (κ3) is 3.53. The first-order chi connectivity index (χ1) is 9.91. The van der Waals surface area contributed by atoms with Gasteiger partial charge >= 0.3 is 13.1 Å². The molecule has 0 bridgehead atoms. The zero-order valence-corrected chi connectivity index (χ0v) is 12.9. The molecule has 0 saturated carbocycles. The zero-order chi connectivity index (χ0) is 16.8. The normalized spacial score (nSPS) is 20.3. The largest absolute Gasteiger partial charge is 0.466 e. The lowest BCUT2D eigenvalue weighted by molar-refractivity contribution is -0.154. The van der Waals surface area contributed by atoms with Crippen molar-refractivity contribution in [2.45, 2.75) is 45.8 Å². The van der Waals surface area contributed by atoms with Crippen LogP contribution in [0.4, 0.5) is 17.6 Å². The molecule has 22 heavy (non-hydrogen) atoms. The van der Waals surface area contributed by atoms with Crippen molar-refractivity contribution in [2.75, 3.05) is 6.61 Å². The Bertz CT molecular complexity index is 544. The second-order valence-corrected chi connectivity index (χ2v) is 6.66. The summed E-state index contributed by atoms with van der Waals surface area (Å²) in [5, 5.41) is 0. The van der Waals surface area contributed by atoms with E-state index in [1.165, 1.54) is 6.20 Å². The smallest absolute Gasteiger partial charge is 0.422 e. The molecule has 1 aliphatic rings. The number of halogens is 4. The third-order valence-electron chi connectivity index (χ3n) is 4.34. The quantitative estimate of drug-likeness (QED) is 0.633. The highest BCUT2D eigenvalue weighted by Gasteiger charge is 2.50. The van der Waals surface area contributed by atoms with Crippen LogP contribution in [-0.2, 0) is 4.65 Å². The van der Waals surface area contributed by atoms with Crippen molar-refractivity contribution in [1.82, 2.24) is 4.98 Å². The fourth-order valence-electron chi connectivity index (χ4n) is 2.32. The predicted molar refractivity (Wildman–Crippen MR) is 74.9 cm³/mol. The van der Waals surface area contributed by atoms with E-state index in [1.807, 2.05) is 13.8 Å². The van der Waals surface area contributed by atoms with Gasteiger partial charge in [0.05, 0.1) is 5.60 Å². The molecule has 0 radical (unpaired) electrons. The van der Waals surface area contributed by atoms with Crippen LogP contribution in [0.5, 0.6) is 5.88 Å². The Morgan fingerprint density at radius 3 is 2.41 bits per heavy atom. The molecule has 2 rings (SSSR count). The van der Waals surface area contributed by atoms with Crippen LogP contribution in [0.1, 0.15) is 27.7 Å². The van der Waals surface area contributed by atoms with Crippen molar-refractivity contribution >= 4 is 12.4 Å². The first-order valence-corrected chi connectivity index (χ1v) is 6.94. The van der Waals surface area contributed by atoms with Crippen LogP contribution in [-0.4, -0.2) is 30.3 Å². The Kier molecular flexibility index (Phi) is 4.19. The van der Waals surface area contributed by atoms with Crippen LogP contribution in [0, 0.1) is 11.2 Å². The third-order valence-corrected chi connectivity index (χ3v) is 4.34. The maximum Gasteiger partial charge on any atom is 0.422 e. The van der Waals surface area contributed by atoms with E-state index in [-0.39, 0.29) is 17.9 Å². The lowest BCUT2D eigenvalue weighted by atomic mass is 9.54. The first-order valence-electron chi connectivity index (χ1n) is 6.94. The molecule has 0 amide bonds. The van der Waals surface area contributed by atoms with Crippen LogP contribution in [0.25, 0.3) is 0 Å². The fraction of sp³-hybridized carbons (Fsp3) is 0.643. The molecular formula is C14H18BF4NO2. The molecule has 1 aliphatic heterocycles. The minimum absolute atomic E-state index is 0.112. The molecule has 2 heterocycles. The lowest BCUT2D eigenvalue weighted by Gasteiger charge is -2.34. The summed E-state index contributed by atoms with van der Waals surface area (Å²) in [5.74, 6) is -1.58. The second kappa shape index (κ2) is 5.40. The molecule has 1 aromatic rings. The van der Waals surface area contributed by atoms with Gasteiger partial charge in [0.1, 0.15) is 0 Å². The van der Waals surface area contributed by atoms with Gasteiger partial charge in [-0.25, -0.2) is 9.37 Å². The molecule has 122 valence electrons. The molecule has 8 heteroatoms. The maximum atomic E-state index is 13.9. The summed E-state index contributed by atoms with van der Waals surface area (Å²) in [6, 6.07) is 1.13. The number of hydrogen-bond acceptors (Lipinski definition) is 3. The van der Waals surface area contributed by atoms with E-state index in [0.29, 0.717) is 11.8 Å². The standard InChI is InChI=1S/C14H18BF4NO2/c1-12(2)7-15(22-13(12,3)4)9-5-10(16)11(20-6-9)21-8-14(17,18)19/h5-6H,7-8H2,1-4H3. The highest BCUT2D eigenvalue weighted by atomic mass is 19.4. The van der Waals surface area contributed by atoms with E-state index in [4.69, 9.17) is 4.65 Å². The second-order valence-electron chi connectivity index (χ2n) is 6.66. The number of nitrogens with zero attached hydrogens (tertiary/aromatic N) is 1. The molecule has 0 spiro atoms. The Labute approximate surface area is 127 Å². The summed E-state index contributed by atoms with van der Waals surface area (Å²) >= 11 is 0. The number of rotatable bonds is 3. The summed E-state index contributed by atoms with van der Waals surface area (Å²) in [6.45, 7) is 6.10. The molecule has 0 unspecified atom stereocenters. The number of aromatic nitrogens is 1. The molecule has 1 fully saturated rings. The molecule has 0 atom stereocenters. The Hall–Kier alpha value is -1.31. The van der Waals surface area contributed by atoms with Crippen molar-refractivity contribution in [1.29, 1.82) is 0 Å². The van der Waals surface area contributed by atoms with E-state index in [1.54, 1.807) is 0 Å². The lowest BCUT2D eigenvalue weighted by Crippen LogP contribution is -2.36. The number of pyridine rings is 1. The van der Waals surface area contributed by atoms with Crippen molar-refractivity contribution < 1.29 is 27.0 Å². The van der Waals surface area contributed by atoms with E-state index in [2.05, 4.69) is 23.6 Å². The summed E-state index contributed by atoms with van der Waals surface area (Å²) < 4.78 is 60.4. The average Bonchev–Trinajstić information content (AvgIpc) is 2.56. The fourth-order valence-corrected chi connectivity index (χ4v) is 2.32. The summed E-state index contributed by atoms with van der Waals surface area (Å²) in [5.41, 5.74) is -0.00496. The summed E-state index contributed by atoms with van der Waals surface area (Å²) in [6.07, 6.45) is -2.56. The van der Waals surface area contributed by atoms with Gasteiger partial charge in [-0.05, 0) is 37.1 Å². The first kappa shape index (κ1) is 17.1. The van der Waals surface area contributed by atoms with Gasteiger partial charge in [0.25, 0.3) is 5.88 Å². The minimum Gasteiger partial charge on any atom is -0.466 e. The van der Waals surface area contributed by atoms with Crippen molar-refractivity contribution in [3.05, 3.63) is 18.1 Å². The van der Waals surface area contributed by atoms with Gasteiger partial charge in [0, 0.05) is 6.20 Å². The zero-order valence-electron chi connectivity index (χ0n) is 12.9. The Morgan fingerprint density at radius 2 is 1.95 bits per heavy atom. The minimum atomic E-state index is -4.53. The van der Waals surface area contributed by atoms with Gasteiger partial charge in [-0.15, -0.1) is 0 Å². The molecule has 0 aromatic carbocycles. The highest BCUT2D eigenvalue weighted by Crippen LogP contribution is 2.45. The van der Waals surface area contributed by atoms with Crippen LogP contribution in [0.2, 0.25) is 6.32 Å². The van der Waals surface area contributed by atoms with Crippen LogP contribution >= 0.6 is 0 Å². The monoisotopic (exact) mass is 319 g/mol. The van der Waals surface area contributed by atoms with Crippen LogP contribution < -0.4 is 10.2 Å². The molecule has 0 N–H and O–H groups in total. The average molecular weight is 319 g/mol. The van der Waals surface area contributed by atoms with E-state index < -0.39 is 24.5 Å².